The zero-order valence-electron chi connectivity index (χ0n) is 15.4. The quantitative estimate of drug-likeness (QED) is 0.554. The number of para-hydroxylation sites is 1. The fraction of sp³-hybridized carbons (Fsp3) is 0.238. The lowest BCUT2D eigenvalue weighted by atomic mass is 10.2. The summed E-state index contributed by atoms with van der Waals surface area (Å²) in [4.78, 5) is 19.4. The summed E-state index contributed by atoms with van der Waals surface area (Å²) >= 11 is 0. The van der Waals surface area contributed by atoms with Gasteiger partial charge in [0.05, 0.1) is 18.3 Å². The van der Waals surface area contributed by atoms with Crippen molar-refractivity contribution in [2.45, 2.75) is 19.5 Å². The number of nitrogens with zero attached hydrogens (tertiary/aromatic N) is 6. The van der Waals surface area contributed by atoms with E-state index in [1.807, 2.05) is 64.2 Å². The van der Waals surface area contributed by atoms with Crippen LogP contribution < -0.4 is 0 Å². The molecule has 1 aliphatic rings. The molecule has 0 radical (unpaired) electrons. The number of rotatable bonds is 3. The average molecular weight is 372 g/mol. The van der Waals surface area contributed by atoms with E-state index in [1.165, 1.54) is 0 Å². The van der Waals surface area contributed by atoms with Crippen molar-refractivity contribution in [2.75, 3.05) is 13.1 Å². The highest BCUT2D eigenvalue weighted by Gasteiger charge is 2.22. The second-order valence-electron chi connectivity index (χ2n) is 6.93. The Labute approximate surface area is 162 Å². The van der Waals surface area contributed by atoms with E-state index >= 15 is 0 Å². The summed E-state index contributed by atoms with van der Waals surface area (Å²) in [5.41, 5.74) is 1.99. The van der Waals surface area contributed by atoms with Crippen LogP contribution in [0.5, 0.6) is 0 Å². The molecule has 0 bridgehead atoms. The molecule has 1 amide bonds. The predicted molar refractivity (Wildman–Crippen MR) is 105 cm³/mol. The first kappa shape index (κ1) is 16.7. The van der Waals surface area contributed by atoms with Gasteiger partial charge in [-0.2, -0.15) is 10.2 Å². The molecule has 0 aliphatic carbocycles. The van der Waals surface area contributed by atoms with Gasteiger partial charge in [-0.3, -0.25) is 9.48 Å². The van der Waals surface area contributed by atoms with Crippen LogP contribution in [0.3, 0.4) is 0 Å². The third kappa shape index (κ3) is 3.05. The van der Waals surface area contributed by atoms with Crippen LogP contribution in [0.4, 0.5) is 0 Å². The van der Waals surface area contributed by atoms with Gasteiger partial charge in [0.1, 0.15) is 12.4 Å². The lowest BCUT2D eigenvalue weighted by Gasteiger charge is -2.20. The standard InChI is InChI=1S/C21H20N6O/c28-20(15-27-18-9-5-4-8-17(18)14-22-27)25-11-10-19-23-21(24-26(19)13-12-25)16-6-2-1-3-7-16/h1-9,14H,10-13,15H2. The molecule has 0 fully saturated rings. The average Bonchev–Trinajstić information content (AvgIpc) is 3.28. The van der Waals surface area contributed by atoms with Crippen LogP contribution in [-0.2, 0) is 24.3 Å². The van der Waals surface area contributed by atoms with Crippen LogP contribution in [0, 0.1) is 0 Å². The molecule has 5 rings (SSSR count). The van der Waals surface area contributed by atoms with E-state index in [0.29, 0.717) is 26.1 Å². The number of carbonyl (C=O) groups is 1. The Balaban J connectivity index is 1.29. The van der Waals surface area contributed by atoms with Crippen molar-refractivity contribution in [1.82, 2.24) is 29.4 Å². The highest BCUT2D eigenvalue weighted by atomic mass is 16.2. The normalized spacial score (nSPS) is 14.1. The van der Waals surface area contributed by atoms with Crippen LogP contribution in [0.25, 0.3) is 22.3 Å². The molecule has 0 N–H and O–H groups in total. The van der Waals surface area contributed by atoms with E-state index < -0.39 is 0 Å². The smallest absolute Gasteiger partial charge is 0.244 e. The molecule has 0 atom stereocenters. The first-order valence-electron chi connectivity index (χ1n) is 9.45. The maximum Gasteiger partial charge on any atom is 0.244 e. The van der Waals surface area contributed by atoms with E-state index in [9.17, 15) is 4.79 Å². The van der Waals surface area contributed by atoms with E-state index in [0.717, 1.165) is 28.1 Å². The van der Waals surface area contributed by atoms with Gasteiger partial charge in [-0.1, -0.05) is 48.5 Å². The summed E-state index contributed by atoms with van der Waals surface area (Å²) in [6.07, 6.45) is 2.50. The van der Waals surface area contributed by atoms with Gasteiger partial charge in [0.15, 0.2) is 5.82 Å². The predicted octanol–water partition coefficient (Wildman–Crippen LogP) is 2.38. The van der Waals surface area contributed by atoms with E-state index in [4.69, 9.17) is 0 Å². The fourth-order valence-electron chi connectivity index (χ4n) is 3.64. The van der Waals surface area contributed by atoms with Crippen LogP contribution in [0.2, 0.25) is 0 Å². The molecular weight excluding hydrogens is 352 g/mol. The zero-order chi connectivity index (χ0) is 18.9. The van der Waals surface area contributed by atoms with Crippen LogP contribution in [0.1, 0.15) is 5.82 Å². The number of carbonyl (C=O) groups excluding carboxylic acids is 1. The second-order valence-corrected chi connectivity index (χ2v) is 6.93. The summed E-state index contributed by atoms with van der Waals surface area (Å²) in [5.74, 6) is 1.75. The van der Waals surface area contributed by atoms with Gasteiger partial charge in [0.2, 0.25) is 5.91 Å². The molecule has 0 saturated heterocycles. The first-order valence-corrected chi connectivity index (χ1v) is 9.45. The lowest BCUT2D eigenvalue weighted by molar-refractivity contribution is -0.132. The number of hydrogen-bond acceptors (Lipinski definition) is 4. The molecule has 3 heterocycles. The maximum absolute atomic E-state index is 12.8. The Morgan fingerprint density at radius 3 is 2.68 bits per heavy atom. The Morgan fingerprint density at radius 2 is 1.79 bits per heavy atom. The maximum atomic E-state index is 12.8. The van der Waals surface area contributed by atoms with E-state index in [2.05, 4.69) is 15.2 Å². The lowest BCUT2D eigenvalue weighted by Crippen LogP contribution is -2.36. The molecule has 0 spiro atoms. The Hall–Kier alpha value is -3.48. The Bertz CT molecular complexity index is 1100. The van der Waals surface area contributed by atoms with Crippen LogP contribution in [0.15, 0.2) is 60.8 Å². The zero-order valence-corrected chi connectivity index (χ0v) is 15.4. The highest BCUT2D eigenvalue weighted by Crippen LogP contribution is 2.18. The van der Waals surface area contributed by atoms with Gasteiger partial charge >= 0.3 is 0 Å². The van der Waals surface area contributed by atoms with Gasteiger partial charge in [-0.05, 0) is 6.07 Å². The van der Waals surface area contributed by atoms with Crippen molar-refractivity contribution in [3.8, 4) is 11.4 Å². The van der Waals surface area contributed by atoms with E-state index in [1.54, 1.807) is 10.9 Å². The molecule has 2 aromatic carbocycles. The number of fused-ring (bicyclic) bond motifs is 2. The van der Waals surface area contributed by atoms with Gasteiger partial charge < -0.3 is 4.90 Å². The first-order chi connectivity index (χ1) is 13.8. The van der Waals surface area contributed by atoms with Gasteiger partial charge in [0.25, 0.3) is 0 Å². The Kier molecular flexibility index (Phi) is 4.12. The number of amides is 1. The number of hydrogen-bond donors (Lipinski definition) is 0. The molecule has 7 nitrogen and oxygen atoms in total. The van der Waals surface area contributed by atoms with Gasteiger partial charge in [-0.25, -0.2) is 9.67 Å². The van der Waals surface area contributed by atoms with Crippen molar-refractivity contribution in [3.05, 3.63) is 66.6 Å². The third-order valence-corrected chi connectivity index (χ3v) is 5.16. The minimum atomic E-state index is 0.0721. The summed E-state index contributed by atoms with van der Waals surface area (Å²) in [7, 11) is 0. The number of benzene rings is 2. The molecule has 1 aliphatic heterocycles. The van der Waals surface area contributed by atoms with Crippen LogP contribution in [-0.4, -0.2) is 48.4 Å². The molecular formula is C21H20N6O. The molecule has 0 saturated carbocycles. The number of aromatic nitrogens is 5. The van der Waals surface area contributed by atoms with Gasteiger partial charge in [-0.15, -0.1) is 0 Å². The van der Waals surface area contributed by atoms with Crippen molar-refractivity contribution in [1.29, 1.82) is 0 Å². The minimum absolute atomic E-state index is 0.0721. The van der Waals surface area contributed by atoms with Gasteiger partial charge in [0, 0.05) is 30.5 Å². The summed E-state index contributed by atoms with van der Waals surface area (Å²) in [6, 6.07) is 17.9. The third-order valence-electron chi connectivity index (χ3n) is 5.16. The largest absolute Gasteiger partial charge is 0.339 e. The molecule has 140 valence electrons. The summed E-state index contributed by atoms with van der Waals surface area (Å²) in [6.45, 7) is 2.17. The summed E-state index contributed by atoms with van der Waals surface area (Å²) in [5, 5.41) is 10.1. The monoisotopic (exact) mass is 372 g/mol. The van der Waals surface area contributed by atoms with Crippen molar-refractivity contribution in [3.63, 3.8) is 0 Å². The molecule has 2 aromatic heterocycles. The fourth-order valence-corrected chi connectivity index (χ4v) is 3.64. The topological polar surface area (TPSA) is 68.8 Å². The SMILES string of the molecule is O=C(Cn1ncc2ccccc21)N1CCc2nc(-c3ccccc3)nn2CC1. The van der Waals surface area contributed by atoms with Crippen molar-refractivity contribution in [2.24, 2.45) is 0 Å². The molecule has 0 unspecified atom stereocenters. The molecule has 7 heteroatoms. The van der Waals surface area contributed by atoms with E-state index in [-0.39, 0.29) is 12.5 Å². The highest BCUT2D eigenvalue weighted by molar-refractivity contribution is 5.82. The van der Waals surface area contributed by atoms with Crippen molar-refractivity contribution < 1.29 is 4.79 Å². The molecule has 28 heavy (non-hydrogen) atoms. The minimum Gasteiger partial charge on any atom is -0.339 e. The summed E-state index contributed by atoms with van der Waals surface area (Å²) < 4.78 is 3.70. The Morgan fingerprint density at radius 1 is 0.964 bits per heavy atom. The van der Waals surface area contributed by atoms with Crippen LogP contribution >= 0.6 is 0 Å². The van der Waals surface area contributed by atoms with Crippen molar-refractivity contribution >= 4 is 16.8 Å². The second kappa shape index (κ2) is 6.92. The molecule has 4 aromatic rings.